The molecule has 5 heteroatoms. The standard InChI is InChI=1S/C15H17ClN2OS/c1-3-17-9-11-8-14(16)15(18-10-11)19-12-4-6-13(20-2)7-5-12/h4-8,10,17H,3,9H2,1-2H3. The Kier molecular flexibility index (Phi) is 5.71. The number of benzene rings is 1. The van der Waals surface area contributed by atoms with Gasteiger partial charge in [0.25, 0.3) is 0 Å². The van der Waals surface area contributed by atoms with Crippen molar-refractivity contribution in [1.29, 1.82) is 0 Å². The molecule has 0 aliphatic heterocycles. The maximum atomic E-state index is 6.20. The van der Waals surface area contributed by atoms with Gasteiger partial charge in [-0.15, -0.1) is 11.8 Å². The Bertz CT molecular complexity index is 560. The highest BCUT2D eigenvalue weighted by molar-refractivity contribution is 7.98. The van der Waals surface area contributed by atoms with Gasteiger partial charge in [0.2, 0.25) is 5.88 Å². The van der Waals surface area contributed by atoms with Crippen molar-refractivity contribution in [3.05, 3.63) is 47.1 Å². The number of ether oxygens (including phenoxy) is 1. The Morgan fingerprint density at radius 1 is 1.30 bits per heavy atom. The van der Waals surface area contributed by atoms with Crippen LogP contribution in [0, 0.1) is 0 Å². The van der Waals surface area contributed by atoms with Crippen LogP contribution in [0.15, 0.2) is 41.4 Å². The van der Waals surface area contributed by atoms with Crippen molar-refractivity contribution in [2.45, 2.75) is 18.4 Å². The fourth-order valence-corrected chi connectivity index (χ4v) is 2.30. The van der Waals surface area contributed by atoms with E-state index in [-0.39, 0.29) is 0 Å². The van der Waals surface area contributed by atoms with Gasteiger partial charge in [-0.25, -0.2) is 4.98 Å². The van der Waals surface area contributed by atoms with E-state index in [4.69, 9.17) is 16.3 Å². The lowest BCUT2D eigenvalue weighted by atomic mass is 10.3. The summed E-state index contributed by atoms with van der Waals surface area (Å²) in [6.45, 7) is 3.73. The fraction of sp³-hybridized carbons (Fsp3) is 0.267. The Morgan fingerprint density at radius 2 is 2.05 bits per heavy atom. The molecule has 0 amide bonds. The molecule has 0 fully saturated rings. The Hall–Kier alpha value is -1.23. The van der Waals surface area contributed by atoms with Crippen LogP contribution >= 0.6 is 23.4 Å². The summed E-state index contributed by atoms with van der Waals surface area (Å²) in [4.78, 5) is 5.46. The van der Waals surface area contributed by atoms with E-state index in [1.54, 1.807) is 18.0 Å². The van der Waals surface area contributed by atoms with Gasteiger partial charge in [0, 0.05) is 17.6 Å². The van der Waals surface area contributed by atoms with Gasteiger partial charge in [-0.2, -0.15) is 0 Å². The maximum absolute atomic E-state index is 6.20. The number of rotatable bonds is 6. The number of thioether (sulfide) groups is 1. The van der Waals surface area contributed by atoms with Gasteiger partial charge in [0.15, 0.2) is 0 Å². The monoisotopic (exact) mass is 308 g/mol. The van der Waals surface area contributed by atoms with Gasteiger partial charge in [0.05, 0.1) is 0 Å². The second-order valence-corrected chi connectivity index (χ2v) is 5.48. The lowest BCUT2D eigenvalue weighted by Crippen LogP contribution is -2.11. The summed E-state index contributed by atoms with van der Waals surface area (Å²) in [5.74, 6) is 1.17. The van der Waals surface area contributed by atoms with Crippen LogP contribution in [0.3, 0.4) is 0 Å². The molecule has 106 valence electrons. The van der Waals surface area contributed by atoms with Crippen LogP contribution in [-0.4, -0.2) is 17.8 Å². The summed E-state index contributed by atoms with van der Waals surface area (Å²) in [5.41, 5.74) is 1.04. The van der Waals surface area contributed by atoms with E-state index in [0.29, 0.717) is 10.9 Å². The first-order chi connectivity index (χ1) is 9.72. The molecule has 0 unspecified atom stereocenters. The third-order valence-corrected chi connectivity index (χ3v) is 3.73. The van der Waals surface area contributed by atoms with Crippen molar-refractivity contribution in [2.24, 2.45) is 0 Å². The molecule has 2 aromatic rings. The molecule has 0 spiro atoms. The zero-order valence-corrected chi connectivity index (χ0v) is 13.1. The van der Waals surface area contributed by atoms with Crippen LogP contribution in [0.4, 0.5) is 0 Å². The lowest BCUT2D eigenvalue weighted by molar-refractivity contribution is 0.462. The minimum Gasteiger partial charge on any atom is -0.438 e. The van der Waals surface area contributed by atoms with Crippen LogP contribution in [0.1, 0.15) is 12.5 Å². The molecule has 1 N–H and O–H groups in total. The van der Waals surface area contributed by atoms with Gasteiger partial charge in [-0.3, -0.25) is 0 Å². The van der Waals surface area contributed by atoms with Crippen molar-refractivity contribution in [3.63, 3.8) is 0 Å². The molecule has 2 rings (SSSR count). The van der Waals surface area contributed by atoms with Crippen LogP contribution in [-0.2, 0) is 6.54 Å². The molecule has 0 saturated carbocycles. The minimum absolute atomic E-state index is 0.434. The van der Waals surface area contributed by atoms with Crippen molar-refractivity contribution in [2.75, 3.05) is 12.8 Å². The minimum atomic E-state index is 0.434. The molecule has 1 aromatic carbocycles. The number of nitrogens with one attached hydrogen (secondary N) is 1. The second-order valence-electron chi connectivity index (χ2n) is 4.19. The topological polar surface area (TPSA) is 34.2 Å². The van der Waals surface area contributed by atoms with Crippen molar-refractivity contribution < 1.29 is 4.74 Å². The molecule has 0 atom stereocenters. The summed E-state index contributed by atoms with van der Waals surface area (Å²) in [6, 6.07) is 9.72. The molecular formula is C15H17ClN2OS. The van der Waals surface area contributed by atoms with E-state index in [0.717, 1.165) is 24.4 Å². The molecule has 3 nitrogen and oxygen atoms in total. The van der Waals surface area contributed by atoms with E-state index in [1.807, 2.05) is 36.6 Å². The smallest absolute Gasteiger partial charge is 0.238 e. The highest BCUT2D eigenvalue weighted by atomic mass is 35.5. The quantitative estimate of drug-likeness (QED) is 0.804. The molecule has 0 bridgehead atoms. The van der Waals surface area contributed by atoms with Gasteiger partial charge in [-0.1, -0.05) is 18.5 Å². The number of hydrogen-bond donors (Lipinski definition) is 1. The summed E-state index contributed by atoms with van der Waals surface area (Å²) in [6.07, 6.45) is 3.82. The predicted molar refractivity (Wildman–Crippen MR) is 84.9 cm³/mol. The molecule has 1 heterocycles. The molecule has 0 saturated heterocycles. The second kappa shape index (κ2) is 7.53. The van der Waals surface area contributed by atoms with Gasteiger partial charge in [-0.05, 0) is 48.7 Å². The third-order valence-electron chi connectivity index (χ3n) is 2.72. The van der Waals surface area contributed by atoms with Crippen molar-refractivity contribution in [3.8, 4) is 11.6 Å². The van der Waals surface area contributed by atoms with E-state index >= 15 is 0 Å². The van der Waals surface area contributed by atoms with E-state index < -0.39 is 0 Å². The summed E-state index contributed by atoms with van der Waals surface area (Å²) >= 11 is 7.89. The first-order valence-corrected chi connectivity index (χ1v) is 8.00. The summed E-state index contributed by atoms with van der Waals surface area (Å²) in [5, 5.41) is 3.75. The highest BCUT2D eigenvalue weighted by Crippen LogP contribution is 2.28. The molecular weight excluding hydrogens is 292 g/mol. The van der Waals surface area contributed by atoms with Crippen LogP contribution in [0.25, 0.3) is 0 Å². The molecule has 1 aromatic heterocycles. The Labute approximate surface area is 128 Å². The maximum Gasteiger partial charge on any atom is 0.238 e. The number of pyridine rings is 1. The SMILES string of the molecule is CCNCc1cnc(Oc2ccc(SC)cc2)c(Cl)c1. The molecule has 0 aliphatic rings. The van der Waals surface area contributed by atoms with E-state index in [9.17, 15) is 0 Å². The number of aromatic nitrogens is 1. The lowest BCUT2D eigenvalue weighted by Gasteiger charge is -2.08. The van der Waals surface area contributed by atoms with Crippen LogP contribution < -0.4 is 10.1 Å². The highest BCUT2D eigenvalue weighted by Gasteiger charge is 2.06. The van der Waals surface area contributed by atoms with Crippen LogP contribution in [0.2, 0.25) is 5.02 Å². The average Bonchev–Trinajstić information content (AvgIpc) is 2.48. The van der Waals surface area contributed by atoms with Crippen molar-refractivity contribution >= 4 is 23.4 Å². The van der Waals surface area contributed by atoms with Gasteiger partial charge in [0.1, 0.15) is 10.8 Å². The molecule has 0 aliphatic carbocycles. The first-order valence-electron chi connectivity index (χ1n) is 6.40. The zero-order chi connectivity index (χ0) is 14.4. The zero-order valence-electron chi connectivity index (χ0n) is 11.5. The normalized spacial score (nSPS) is 10.6. The van der Waals surface area contributed by atoms with Gasteiger partial charge >= 0.3 is 0 Å². The first kappa shape index (κ1) is 15.2. The van der Waals surface area contributed by atoms with Gasteiger partial charge < -0.3 is 10.1 Å². The molecule has 20 heavy (non-hydrogen) atoms. The predicted octanol–water partition coefficient (Wildman–Crippen LogP) is 4.36. The Balaban J connectivity index is 2.08. The largest absolute Gasteiger partial charge is 0.438 e. The number of halogens is 1. The van der Waals surface area contributed by atoms with E-state index in [1.165, 1.54) is 4.90 Å². The van der Waals surface area contributed by atoms with E-state index in [2.05, 4.69) is 17.2 Å². The summed E-state index contributed by atoms with van der Waals surface area (Å²) in [7, 11) is 0. The molecule has 0 radical (unpaired) electrons. The average molecular weight is 309 g/mol. The third kappa shape index (κ3) is 4.13. The fourth-order valence-electron chi connectivity index (χ4n) is 1.66. The summed E-state index contributed by atoms with van der Waals surface area (Å²) < 4.78 is 5.70. The number of nitrogens with zero attached hydrogens (tertiary/aromatic N) is 1. The Morgan fingerprint density at radius 3 is 2.65 bits per heavy atom. The number of hydrogen-bond acceptors (Lipinski definition) is 4. The van der Waals surface area contributed by atoms with Crippen molar-refractivity contribution in [1.82, 2.24) is 10.3 Å². The van der Waals surface area contributed by atoms with Crippen LogP contribution in [0.5, 0.6) is 11.6 Å².